The summed E-state index contributed by atoms with van der Waals surface area (Å²) in [6, 6.07) is 26.6. The van der Waals surface area contributed by atoms with Gasteiger partial charge in [-0.2, -0.15) is 5.26 Å². The van der Waals surface area contributed by atoms with Gasteiger partial charge in [0.25, 0.3) is 0 Å². The summed E-state index contributed by atoms with van der Waals surface area (Å²) in [4.78, 5) is 22.6. The van der Waals surface area contributed by atoms with Crippen LogP contribution in [0.15, 0.2) is 72.8 Å². The van der Waals surface area contributed by atoms with E-state index in [-0.39, 0.29) is 12.1 Å². The highest BCUT2D eigenvalue weighted by Gasteiger charge is 2.31. The molecule has 2 heterocycles. The molecule has 39 heavy (non-hydrogen) atoms. The standard InChI is InChI=1S/C32H35N5O2/c1-32(2,3)39-31(38)37-17-15-25(16-18-37)30(34-21-29-35-27-9-4-5-10-28(27)36-29)24-13-11-23(12-14-24)26-8-6-7-22(19-26)20-33/h4-14,19,25,30,34H,15-18,21H2,1-3H3,(H,35,36). The van der Waals surface area contributed by atoms with Gasteiger partial charge in [-0.15, -0.1) is 0 Å². The second-order valence-corrected chi connectivity index (χ2v) is 11.2. The van der Waals surface area contributed by atoms with Crippen LogP contribution in [0, 0.1) is 17.2 Å². The van der Waals surface area contributed by atoms with Crippen LogP contribution in [0.2, 0.25) is 0 Å². The van der Waals surface area contributed by atoms with E-state index >= 15 is 0 Å². The first-order chi connectivity index (χ1) is 18.8. The number of carbonyl (C=O) groups excluding carboxylic acids is 1. The Labute approximate surface area is 229 Å². The first-order valence-corrected chi connectivity index (χ1v) is 13.5. The summed E-state index contributed by atoms with van der Waals surface area (Å²) in [5, 5.41) is 13.1. The molecule has 0 saturated carbocycles. The van der Waals surface area contributed by atoms with Gasteiger partial charge < -0.3 is 19.9 Å². The molecule has 1 aliphatic heterocycles. The second-order valence-electron chi connectivity index (χ2n) is 11.2. The van der Waals surface area contributed by atoms with Crippen LogP contribution < -0.4 is 5.32 Å². The van der Waals surface area contributed by atoms with E-state index in [0.29, 0.717) is 31.1 Å². The van der Waals surface area contributed by atoms with Gasteiger partial charge in [0, 0.05) is 19.1 Å². The number of amides is 1. The molecule has 7 heteroatoms. The maximum Gasteiger partial charge on any atom is 0.410 e. The molecule has 1 aromatic heterocycles. The van der Waals surface area contributed by atoms with Gasteiger partial charge in [-0.1, -0.05) is 48.5 Å². The number of nitrogens with one attached hydrogen (secondary N) is 2. The fourth-order valence-corrected chi connectivity index (χ4v) is 5.25. The number of para-hydroxylation sites is 2. The third kappa shape index (κ3) is 6.47. The van der Waals surface area contributed by atoms with Gasteiger partial charge in [0.2, 0.25) is 0 Å². The number of hydrogen-bond acceptors (Lipinski definition) is 5. The van der Waals surface area contributed by atoms with Gasteiger partial charge in [0.05, 0.1) is 29.2 Å². The van der Waals surface area contributed by atoms with Gasteiger partial charge in [-0.25, -0.2) is 9.78 Å². The summed E-state index contributed by atoms with van der Waals surface area (Å²) in [5.74, 6) is 1.25. The predicted molar refractivity (Wildman–Crippen MR) is 153 cm³/mol. The summed E-state index contributed by atoms with van der Waals surface area (Å²) >= 11 is 0. The number of aromatic nitrogens is 2. The van der Waals surface area contributed by atoms with Gasteiger partial charge in [0.15, 0.2) is 0 Å². The van der Waals surface area contributed by atoms with E-state index in [1.165, 1.54) is 5.56 Å². The van der Waals surface area contributed by atoms with Crippen molar-refractivity contribution in [2.45, 2.75) is 51.8 Å². The SMILES string of the molecule is CC(C)(C)OC(=O)N1CCC(C(NCc2nc3ccccc3[nH]2)c2ccc(-c3cccc(C#N)c3)cc2)CC1. The lowest BCUT2D eigenvalue weighted by Gasteiger charge is -2.37. The molecule has 0 aliphatic carbocycles. The number of piperidine rings is 1. The molecule has 5 rings (SSSR count). The Morgan fingerprint density at radius 1 is 1.08 bits per heavy atom. The molecular weight excluding hydrogens is 486 g/mol. The minimum atomic E-state index is -0.501. The van der Waals surface area contributed by atoms with E-state index in [4.69, 9.17) is 9.72 Å². The Balaban J connectivity index is 1.34. The molecule has 4 aromatic rings. The van der Waals surface area contributed by atoms with Crippen LogP contribution in [-0.4, -0.2) is 39.7 Å². The first-order valence-electron chi connectivity index (χ1n) is 13.5. The number of imidazole rings is 1. The lowest BCUT2D eigenvalue weighted by atomic mass is 9.85. The van der Waals surface area contributed by atoms with E-state index in [9.17, 15) is 10.1 Å². The quantitative estimate of drug-likeness (QED) is 0.299. The van der Waals surface area contributed by atoms with Crippen LogP contribution in [0.25, 0.3) is 22.2 Å². The smallest absolute Gasteiger partial charge is 0.410 e. The second kappa shape index (κ2) is 11.3. The monoisotopic (exact) mass is 521 g/mol. The molecule has 1 atom stereocenters. The van der Waals surface area contributed by atoms with E-state index in [0.717, 1.165) is 40.8 Å². The predicted octanol–water partition coefficient (Wildman–Crippen LogP) is 6.58. The number of ether oxygens (including phenoxy) is 1. The summed E-state index contributed by atoms with van der Waals surface area (Å²) in [6.45, 7) is 7.64. The van der Waals surface area contributed by atoms with Crippen LogP contribution in [0.1, 0.15) is 56.6 Å². The van der Waals surface area contributed by atoms with E-state index in [1.54, 1.807) is 0 Å². The average Bonchev–Trinajstić information content (AvgIpc) is 3.36. The number of carbonyl (C=O) groups is 1. The number of aromatic amines is 1. The summed E-state index contributed by atoms with van der Waals surface area (Å²) in [5.41, 5.74) is 5.44. The van der Waals surface area contributed by atoms with Crippen molar-refractivity contribution in [3.63, 3.8) is 0 Å². The molecule has 1 fully saturated rings. The van der Waals surface area contributed by atoms with Crippen LogP contribution >= 0.6 is 0 Å². The number of rotatable bonds is 6. The molecule has 200 valence electrons. The van der Waals surface area contributed by atoms with E-state index in [1.807, 2.05) is 74.2 Å². The van der Waals surface area contributed by atoms with Crippen molar-refractivity contribution in [3.8, 4) is 17.2 Å². The lowest BCUT2D eigenvalue weighted by molar-refractivity contribution is 0.0168. The lowest BCUT2D eigenvalue weighted by Crippen LogP contribution is -2.44. The number of hydrogen-bond donors (Lipinski definition) is 2. The molecular formula is C32H35N5O2. The zero-order valence-electron chi connectivity index (χ0n) is 22.8. The Morgan fingerprint density at radius 2 is 1.82 bits per heavy atom. The summed E-state index contributed by atoms with van der Waals surface area (Å²) in [6.07, 6.45) is 1.52. The van der Waals surface area contributed by atoms with Gasteiger partial charge in [-0.3, -0.25) is 0 Å². The maximum absolute atomic E-state index is 12.6. The van der Waals surface area contributed by atoms with Crippen LogP contribution in [0.5, 0.6) is 0 Å². The van der Waals surface area contributed by atoms with E-state index < -0.39 is 5.60 Å². The number of nitrogens with zero attached hydrogens (tertiary/aromatic N) is 3. The number of likely N-dealkylation sites (tertiary alicyclic amines) is 1. The third-order valence-electron chi connectivity index (χ3n) is 7.19. The Morgan fingerprint density at radius 3 is 2.51 bits per heavy atom. The molecule has 0 radical (unpaired) electrons. The zero-order chi connectivity index (χ0) is 27.4. The minimum absolute atomic E-state index is 0.0958. The number of benzene rings is 3. The summed E-state index contributed by atoms with van der Waals surface area (Å²) < 4.78 is 5.60. The summed E-state index contributed by atoms with van der Waals surface area (Å²) in [7, 11) is 0. The van der Waals surface area contributed by atoms with Crippen LogP contribution in [0.3, 0.4) is 0 Å². The average molecular weight is 522 g/mol. The molecule has 1 aliphatic rings. The Hall–Kier alpha value is -4.15. The number of H-pyrrole nitrogens is 1. The third-order valence-corrected chi connectivity index (χ3v) is 7.19. The number of nitriles is 1. The van der Waals surface area contributed by atoms with Crippen LogP contribution in [0.4, 0.5) is 4.79 Å². The molecule has 1 unspecified atom stereocenters. The fraction of sp³-hybridized carbons (Fsp3) is 0.344. The molecule has 0 spiro atoms. The molecule has 2 N–H and O–H groups in total. The van der Waals surface area contributed by atoms with Gasteiger partial charge >= 0.3 is 6.09 Å². The molecule has 3 aromatic carbocycles. The maximum atomic E-state index is 12.6. The van der Waals surface area contributed by atoms with Crippen molar-refractivity contribution in [1.29, 1.82) is 5.26 Å². The van der Waals surface area contributed by atoms with E-state index in [2.05, 4.69) is 40.6 Å². The van der Waals surface area contributed by atoms with Crippen molar-refractivity contribution in [1.82, 2.24) is 20.2 Å². The topological polar surface area (TPSA) is 94.0 Å². The molecule has 7 nitrogen and oxygen atoms in total. The normalized spacial score (nSPS) is 15.2. The van der Waals surface area contributed by atoms with Crippen molar-refractivity contribution in [2.75, 3.05) is 13.1 Å². The Bertz CT molecular complexity index is 1440. The van der Waals surface area contributed by atoms with Crippen molar-refractivity contribution < 1.29 is 9.53 Å². The Kier molecular flexibility index (Phi) is 7.67. The van der Waals surface area contributed by atoms with Crippen LogP contribution in [-0.2, 0) is 11.3 Å². The molecule has 1 saturated heterocycles. The van der Waals surface area contributed by atoms with Gasteiger partial charge in [-0.05, 0) is 80.5 Å². The minimum Gasteiger partial charge on any atom is -0.444 e. The fourth-order valence-electron chi connectivity index (χ4n) is 5.25. The molecule has 1 amide bonds. The zero-order valence-corrected chi connectivity index (χ0v) is 22.8. The highest BCUT2D eigenvalue weighted by atomic mass is 16.6. The molecule has 0 bridgehead atoms. The van der Waals surface area contributed by atoms with Crippen molar-refractivity contribution in [3.05, 3.63) is 89.7 Å². The highest BCUT2D eigenvalue weighted by molar-refractivity contribution is 5.74. The van der Waals surface area contributed by atoms with Crippen molar-refractivity contribution >= 4 is 17.1 Å². The van der Waals surface area contributed by atoms with Crippen molar-refractivity contribution in [2.24, 2.45) is 5.92 Å². The van der Waals surface area contributed by atoms with Gasteiger partial charge in [0.1, 0.15) is 11.4 Å². The number of fused-ring (bicyclic) bond motifs is 1. The first kappa shape index (κ1) is 26.5. The highest BCUT2D eigenvalue weighted by Crippen LogP contribution is 2.33. The largest absolute Gasteiger partial charge is 0.444 e.